The van der Waals surface area contributed by atoms with Crippen LogP contribution in [0.4, 0.5) is 4.39 Å². The van der Waals surface area contributed by atoms with Crippen LogP contribution in [-0.4, -0.2) is 51.9 Å². The van der Waals surface area contributed by atoms with Crippen molar-refractivity contribution in [3.05, 3.63) is 36.3 Å². The first-order chi connectivity index (χ1) is 13.1. The topological polar surface area (TPSA) is 45.6 Å². The zero-order chi connectivity index (χ0) is 18.5. The van der Waals surface area contributed by atoms with Gasteiger partial charge in [-0.25, -0.2) is 4.39 Å². The van der Waals surface area contributed by atoms with Gasteiger partial charge in [-0.3, -0.25) is 9.59 Å². The fourth-order valence-electron chi connectivity index (χ4n) is 5.35. The highest BCUT2D eigenvalue weighted by Gasteiger charge is 2.44. The second-order valence-electron chi connectivity index (χ2n) is 8.31. The lowest BCUT2D eigenvalue weighted by atomic mass is 9.76. The van der Waals surface area contributed by atoms with Crippen LogP contribution < -0.4 is 0 Å². The van der Waals surface area contributed by atoms with Crippen LogP contribution in [-0.2, 0) is 16.1 Å². The molecule has 5 nitrogen and oxygen atoms in total. The molecule has 1 unspecified atom stereocenters. The van der Waals surface area contributed by atoms with Gasteiger partial charge in [-0.15, -0.1) is 0 Å². The van der Waals surface area contributed by atoms with Crippen LogP contribution in [0, 0.1) is 17.7 Å². The SMILES string of the molecule is O=C(Cn1ccc2ccc(F)cc21)N1C[C@@H]2C[C@@H](C1)C1CCCC(=O)N1C2. The van der Waals surface area contributed by atoms with Crippen molar-refractivity contribution in [1.82, 2.24) is 14.4 Å². The molecule has 3 saturated heterocycles. The first-order valence-corrected chi connectivity index (χ1v) is 9.90. The van der Waals surface area contributed by atoms with Crippen molar-refractivity contribution in [3.8, 4) is 0 Å². The number of benzene rings is 1. The van der Waals surface area contributed by atoms with Crippen molar-refractivity contribution in [2.45, 2.75) is 38.3 Å². The summed E-state index contributed by atoms with van der Waals surface area (Å²) < 4.78 is 15.4. The molecule has 2 bridgehead atoms. The molecule has 27 heavy (non-hydrogen) atoms. The number of amides is 2. The minimum atomic E-state index is -0.288. The molecule has 1 aromatic carbocycles. The number of nitrogens with zero attached hydrogens (tertiary/aromatic N) is 3. The molecule has 2 aromatic rings. The summed E-state index contributed by atoms with van der Waals surface area (Å²) in [6.07, 6.45) is 5.68. The first kappa shape index (κ1) is 16.8. The normalized spacial score (nSPS) is 27.7. The zero-order valence-corrected chi connectivity index (χ0v) is 15.3. The number of hydrogen-bond acceptors (Lipinski definition) is 2. The van der Waals surface area contributed by atoms with E-state index in [0.717, 1.165) is 49.8 Å². The van der Waals surface area contributed by atoms with E-state index in [1.165, 1.54) is 12.1 Å². The Hall–Kier alpha value is -2.37. The third kappa shape index (κ3) is 2.91. The molecule has 4 heterocycles. The highest BCUT2D eigenvalue weighted by Crippen LogP contribution is 2.38. The summed E-state index contributed by atoms with van der Waals surface area (Å²) in [6, 6.07) is 6.89. The van der Waals surface area contributed by atoms with Crippen LogP contribution in [0.3, 0.4) is 0 Å². The van der Waals surface area contributed by atoms with Crippen molar-refractivity contribution < 1.29 is 14.0 Å². The number of carbonyl (C=O) groups is 2. The summed E-state index contributed by atoms with van der Waals surface area (Å²) in [6.45, 7) is 2.48. The van der Waals surface area contributed by atoms with Crippen LogP contribution >= 0.6 is 0 Å². The number of halogens is 1. The lowest BCUT2D eigenvalue weighted by molar-refractivity contribution is -0.148. The summed E-state index contributed by atoms with van der Waals surface area (Å²) in [5, 5.41) is 0.941. The predicted molar refractivity (Wildman–Crippen MR) is 99.4 cm³/mol. The Bertz CT molecular complexity index is 908. The van der Waals surface area contributed by atoms with Crippen LogP contribution in [0.2, 0.25) is 0 Å². The van der Waals surface area contributed by atoms with Gasteiger partial charge in [0.05, 0.1) is 5.52 Å². The third-order valence-corrected chi connectivity index (χ3v) is 6.57. The van der Waals surface area contributed by atoms with Crippen LogP contribution in [0.25, 0.3) is 10.9 Å². The Labute approximate surface area is 157 Å². The van der Waals surface area contributed by atoms with E-state index in [4.69, 9.17) is 0 Å². The molecule has 0 saturated carbocycles. The number of aromatic nitrogens is 1. The van der Waals surface area contributed by atoms with Crippen LogP contribution in [0.15, 0.2) is 30.5 Å². The summed E-state index contributed by atoms with van der Waals surface area (Å²) in [7, 11) is 0. The van der Waals surface area contributed by atoms with Crippen molar-refractivity contribution in [3.63, 3.8) is 0 Å². The minimum Gasteiger partial charge on any atom is -0.340 e. The van der Waals surface area contributed by atoms with E-state index in [0.29, 0.717) is 30.2 Å². The highest BCUT2D eigenvalue weighted by atomic mass is 19.1. The van der Waals surface area contributed by atoms with Crippen molar-refractivity contribution in [1.29, 1.82) is 0 Å². The molecular formula is C21H24FN3O2. The maximum absolute atomic E-state index is 13.6. The number of fused-ring (bicyclic) bond motifs is 5. The Morgan fingerprint density at radius 2 is 2.07 bits per heavy atom. The molecule has 0 aliphatic carbocycles. The van der Waals surface area contributed by atoms with E-state index in [1.807, 2.05) is 21.7 Å². The molecule has 142 valence electrons. The lowest BCUT2D eigenvalue weighted by Crippen LogP contribution is -2.61. The van der Waals surface area contributed by atoms with Gasteiger partial charge in [0.1, 0.15) is 12.4 Å². The van der Waals surface area contributed by atoms with E-state index in [2.05, 4.69) is 4.90 Å². The van der Waals surface area contributed by atoms with Gasteiger partial charge in [-0.2, -0.15) is 0 Å². The van der Waals surface area contributed by atoms with Crippen molar-refractivity contribution >= 4 is 22.7 Å². The monoisotopic (exact) mass is 369 g/mol. The molecule has 3 fully saturated rings. The number of rotatable bonds is 2. The number of hydrogen-bond donors (Lipinski definition) is 0. The molecule has 6 heteroatoms. The van der Waals surface area contributed by atoms with Gasteiger partial charge in [0, 0.05) is 38.3 Å². The molecule has 3 aliphatic heterocycles. The Kier molecular flexibility index (Phi) is 3.95. The average molecular weight is 369 g/mol. The van der Waals surface area contributed by atoms with E-state index >= 15 is 0 Å². The van der Waals surface area contributed by atoms with Crippen LogP contribution in [0.1, 0.15) is 25.7 Å². The largest absolute Gasteiger partial charge is 0.340 e. The fraction of sp³-hybridized carbons (Fsp3) is 0.524. The second-order valence-corrected chi connectivity index (χ2v) is 8.31. The maximum Gasteiger partial charge on any atom is 0.242 e. The lowest BCUT2D eigenvalue weighted by Gasteiger charge is -2.52. The van der Waals surface area contributed by atoms with Crippen molar-refractivity contribution in [2.24, 2.45) is 11.8 Å². The molecule has 3 aliphatic rings. The minimum absolute atomic E-state index is 0.0852. The quantitative estimate of drug-likeness (QED) is 0.817. The smallest absolute Gasteiger partial charge is 0.242 e. The molecule has 0 radical (unpaired) electrons. The maximum atomic E-state index is 13.6. The molecule has 0 N–H and O–H groups in total. The molecule has 1 aromatic heterocycles. The molecule has 3 atom stereocenters. The summed E-state index contributed by atoms with van der Waals surface area (Å²) in [5.74, 6) is 0.863. The van der Waals surface area contributed by atoms with E-state index in [9.17, 15) is 14.0 Å². The zero-order valence-electron chi connectivity index (χ0n) is 15.3. The van der Waals surface area contributed by atoms with Gasteiger partial charge in [0.2, 0.25) is 11.8 Å². The molecule has 0 spiro atoms. The number of likely N-dealkylation sites (tertiary alicyclic amines) is 1. The Morgan fingerprint density at radius 1 is 1.19 bits per heavy atom. The fourth-order valence-corrected chi connectivity index (χ4v) is 5.35. The summed E-state index contributed by atoms with van der Waals surface area (Å²) >= 11 is 0. The van der Waals surface area contributed by atoms with Gasteiger partial charge >= 0.3 is 0 Å². The van der Waals surface area contributed by atoms with Gasteiger partial charge in [0.15, 0.2) is 0 Å². The predicted octanol–water partition coefficient (Wildman–Crippen LogP) is 2.64. The van der Waals surface area contributed by atoms with E-state index in [1.54, 1.807) is 6.07 Å². The highest BCUT2D eigenvalue weighted by molar-refractivity contribution is 5.83. The first-order valence-electron chi connectivity index (χ1n) is 9.90. The Morgan fingerprint density at radius 3 is 2.96 bits per heavy atom. The van der Waals surface area contributed by atoms with E-state index in [-0.39, 0.29) is 18.3 Å². The average Bonchev–Trinajstić information content (AvgIpc) is 3.04. The summed E-state index contributed by atoms with van der Waals surface area (Å²) in [5.41, 5.74) is 0.754. The number of carbonyl (C=O) groups excluding carboxylic acids is 2. The van der Waals surface area contributed by atoms with Crippen LogP contribution in [0.5, 0.6) is 0 Å². The van der Waals surface area contributed by atoms with Gasteiger partial charge in [-0.1, -0.05) is 0 Å². The Balaban J connectivity index is 1.33. The second kappa shape index (κ2) is 6.36. The van der Waals surface area contributed by atoms with Gasteiger partial charge < -0.3 is 14.4 Å². The summed E-state index contributed by atoms with van der Waals surface area (Å²) in [4.78, 5) is 29.3. The molecular weight excluding hydrogens is 345 g/mol. The molecule has 5 rings (SSSR count). The van der Waals surface area contributed by atoms with Gasteiger partial charge in [0.25, 0.3) is 0 Å². The van der Waals surface area contributed by atoms with E-state index < -0.39 is 0 Å². The third-order valence-electron chi connectivity index (χ3n) is 6.57. The van der Waals surface area contributed by atoms with Gasteiger partial charge in [-0.05, 0) is 60.7 Å². The number of piperidine rings is 3. The standard InChI is InChI=1S/C21H24FN3O2/c22-17-5-4-15-6-7-23(19(15)9-17)13-21(27)24-10-14-8-16(12-24)18-2-1-3-20(26)25(18)11-14/h4-7,9,14,16,18H,1-3,8,10-13H2/t14-,16-,18?/m0/s1. The van der Waals surface area contributed by atoms with Crippen molar-refractivity contribution in [2.75, 3.05) is 19.6 Å². The molecule has 2 amide bonds.